The monoisotopic (exact) mass is 378 g/mol. The Morgan fingerprint density at radius 1 is 1.19 bits per heavy atom. The van der Waals surface area contributed by atoms with Gasteiger partial charge in [0.15, 0.2) is 0 Å². The predicted octanol–water partition coefficient (Wildman–Crippen LogP) is 4.80. The Balaban J connectivity index is 1.80. The molecular weight excluding hydrogens is 360 g/mol. The van der Waals surface area contributed by atoms with Crippen molar-refractivity contribution in [1.29, 1.82) is 0 Å². The lowest BCUT2D eigenvalue weighted by molar-refractivity contribution is 0.660. The number of nitrogens with one attached hydrogen (secondary N) is 1. The summed E-state index contributed by atoms with van der Waals surface area (Å²) in [6.07, 6.45) is 9.02. The number of nitrogens with zero attached hydrogens (tertiary/aromatic N) is 4. The van der Waals surface area contributed by atoms with Crippen LogP contribution in [0.3, 0.4) is 0 Å². The van der Waals surface area contributed by atoms with Gasteiger partial charge in [-0.05, 0) is 43.0 Å². The van der Waals surface area contributed by atoms with Gasteiger partial charge in [-0.15, -0.1) is 0 Å². The number of rotatable bonds is 4. The van der Waals surface area contributed by atoms with Crippen molar-refractivity contribution in [3.8, 4) is 11.1 Å². The van der Waals surface area contributed by atoms with E-state index in [1.165, 1.54) is 0 Å². The molecule has 4 aromatic rings. The van der Waals surface area contributed by atoms with Crippen LogP contribution in [0, 0.1) is 6.92 Å². The van der Waals surface area contributed by atoms with Crippen molar-refractivity contribution in [3.05, 3.63) is 59.8 Å². The van der Waals surface area contributed by atoms with Crippen molar-refractivity contribution in [3.63, 3.8) is 0 Å². The van der Waals surface area contributed by atoms with Crippen LogP contribution < -0.4 is 11.1 Å². The molecule has 0 aliphatic rings. The van der Waals surface area contributed by atoms with E-state index in [-0.39, 0.29) is 0 Å². The Morgan fingerprint density at radius 3 is 2.78 bits per heavy atom. The number of nitrogen functional groups attached to an aromatic ring is 1. The first kappa shape index (κ1) is 17.3. The third kappa shape index (κ3) is 3.19. The van der Waals surface area contributed by atoms with Gasteiger partial charge in [0.25, 0.3) is 0 Å². The number of anilines is 3. The van der Waals surface area contributed by atoms with Crippen molar-refractivity contribution < 1.29 is 0 Å². The van der Waals surface area contributed by atoms with Gasteiger partial charge in [0.05, 0.1) is 22.6 Å². The van der Waals surface area contributed by atoms with E-state index in [0.29, 0.717) is 16.5 Å². The van der Waals surface area contributed by atoms with Gasteiger partial charge < -0.3 is 11.1 Å². The Kier molecular flexibility index (Phi) is 4.41. The van der Waals surface area contributed by atoms with Crippen LogP contribution in [0.4, 0.5) is 17.2 Å². The summed E-state index contributed by atoms with van der Waals surface area (Å²) in [5, 5.41) is 9.83. The average Bonchev–Trinajstić information content (AvgIpc) is 3.13. The maximum absolute atomic E-state index is 6.56. The molecule has 0 aliphatic heterocycles. The first-order valence-electron chi connectivity index (χ1n) is 8.65. The van der Waals surface area contributed by atoms with Gasteiger partial charge in [0.2, 0.25) is 0 Å². The molecule has 27 heavy (non-hydrogen) atoms. The maximum Gasteiger partial charge on any atom is 0.131 e. The molecule has 136 valence electrons. The normalized spacial score (nSPS) is 11.1. The van der Waals surface area contributed by atoms with E-state index in [2.05, 4.69) is 20.4 Å². The van der Waals surface area contributed by atoms with E-state index in [4.69, 9.17) is 17.3 Å². The first-order valence-corrected chi connectivity index (χ1v) is 9.02. The molecule has 3 aromatic heterocycles. The molecule has 0 amide bonds. The van der Waals surface area contributed by atoms with Crippen molar-refractivity contribution in [2.45, 2.75) is 20.4 Å². The number of fused-ring (bicyclic) bond motifs is 1. The number of halogens is 1. The van der Waals surface area contributed by atoms with Crippen LogP contribution in [0.15, 0.2) is 49.2 Å². The van der Waals surface area contributed by atoms with E-state index >= 15 is 0 Å². The second kappa shape index (κ2) is 6.89. The van der Waals surface area contributed by atoms with Crippen molar-refractivity contribution in [1.82, 2.24) is 19.7 Å². The van der Waals surface area contributed by atoms with Gasteiger partial charge >= 0.3 is 0 Å². The van der Waals surface area contributed by atoms with Crippen LogP contribution in [0.25, 0.3) is 21.9 Å². The smallest absolute Gasteiger partial charge is 0.131 e. The van der Waals surface area contributed by atoms with E-state index in [9.17, 15) is 0 Å². The number of aryl methyl sites for hydroxylation is 2. The van der Waals surface area contributed by atoms with Gasteiger partial charge in [0.1, 0.15) is 5.82 Å². The topological polar surface area (TPSA) is 81.7 Å². The number of aromatic nitrogens is 4. The number of hydrogen-bond acceptors (Lipinski definition) is 5. The molecule has 7 heteroatoms. The fourth-order valence-electron chi connectivity index (χ4n) is 3.06. The Morgan fingerprint density at radius 2 is 2.04 bits per heavy atom. The minimum Gasteiger partial charge on any atom is -0.397 e. The summed E-state index contributed by atoms with van der Waals surface area (Å²) in [4.78, 5) is 8.68. The van der Waals surface area contributed by atoms with E-state index in [1.807, 2.05) is 42.9 Å². The summed E-state index contributed by atoms with van der Waals surface area (Å²) >= 11 is 6.56. The molecule has 3 N–H and O–H groups in total. The molecule has 0 saturated heterocycles. The summed E-state index contributed by atoms with van der Waals surface area (Å²) < 4.78 is 1.85. The molecule has 0 spiro atoms. The molecule has 0 fully saturated rings. The highest BCUT2D eigenvalue weighted by Gasteiger charge is 2.14. The number of benzene rings is 1. The van der Waals surface area contributed by atoms with Gasteiger partial charge in [0, 0.05) is 47.8 Å². The summed E-state index contributed by atoms with van der Waals surface area (Å²) in [6.45, 7) is 4.88. The highest BCUT2D eigenvalue weighted by Crippen LogP contribution is 2.39. The van der Waals surface area contributed by atoms with Crippen LogP contribution in [-0.4, -0.2) is 19.7 Å². The molecule has 0 aliphatic carbocycles. The summed E-state index contributed by atoms with van der Waals surface area (Å²) in [5.74, 6) is 0.716. The van der Waals surface area contributed by atoms with E-state index < -0.39 is 0 Å². The second-order valence-electron chi connectivity index (χ2n) is 6.34. The zero-order chi connectivity index (χ0) is 19.0. The molecule has 0 unspecified atom stereocenters. The van der Waals surface area contributed by atoms with Crippen LogP contribution in [-0.2, 0) is 6.54 Å². The molecule has 0 bridgehead atoms. The van der Waals surface area contributed by atoms with Crippen LogP contribution >= 0.6 is 11.6 Å². The Hall–Kier alpha value is -3.12. The van der Waals surface area contributed by atoms with Crippen molar-refractivity contribution >= 4 is 39.6 Å². The maximum atomic E-state index is 6.56. The lowest BCUT2D eigenvalue weighted by Gasteiger charge is -2.13. The summed E-state index contributed by atoms with van der Waals surface area (Å²) in [5.41, 5.74) is 10.6. The van der Waals surface area contributed by atoms with Gasteiger partial charge in [-0.1, -0.05) is 11.6 Å². The molecule has 6 nitrogen and oxygen atoms in total. The van der Waals surface area contributed by atoms with Crippen molar-refractivity contribution in [2.75, 3.05) is 11.1 Å². The van der Waals surface area contributed by atoms with Crippen molar-refractivity contribution in [2.24, 2.45) is 0 Å². The van der Waals surface area contributed by atoms with Gasteiger partial charge in [-0.3, -0.25) is 9.67 Å². The lowest BCUT2D eigenvalue weighted by atomic mass is 9.99. The minimum atomic E-state index is 0.519. The predicted molar refractivity (Wildman–Crippen MR) is 110 cm³/mol. The van der Waals surface area contributed by atoms with Gasteiger partial charge in [-0.2, -0.15) is 5.10 Å². The number of nitrogens with two attached hydrogens (primary N) is 1. The third-order valence-electron chi connectivity index (χ3n) is 4.56. The number of pyridine rings is 2. The number of hydrogen-bond donors (Lipinski definition) is 2. The summed E-state index contributed by atoms with van der Waals surface area (Å²) in [6, 6.07) is 5.94. The summed E-state index contributed by atoms with van der Waals surface area (Å²) in [7, 11) is 0. The second-order valence-corrected chi connectivity index (χ2v) is 6.72. The molecule has 1 aromatic carbocycles. The third-order valence-corrected chi connectivity index (χ3v) is 4.97. The molecule has 0 atom stereocenters. The fraction of sp³-hybridized carbons (Fsp3) is 0.150. The average molecular weight is 379 g/mol. The molecule has 0 radical (unpaired) electrons. The largest absolute Gasteiger partial charge is 0.397 e. The van der Waals surface area contributed by atoms with E-state index in [0.717, 1.165) is 39.7 Å². The van der Waals surface area contributed by atoms with Gasteiger partial charge in [-0.25, -0.2) is 4.98 Å². The zero-order valence-corrected chi connectivity index (χ0v) is 15.8. The highest BCUT2D eigenvalue weighted by atomic mass is 35.5. The lowest BCUT2D eigenvalue weighted by Crippen LogP contribution is -1.97. The quantitative estimate of drug-likeness (QED) is 0.498. The SMILES string of the molecule is CCn1cc(Nc2cc3cc(-c4cnccc4C)c(Cl)c(N)c3cn2)cn1. The molecule has 0 saturated carbocycles. The first-order chi connectivity index (χ1) is 13.1. The minimum absolute atomic E-state index is 0.519. The highest BCUT2D eigenvalue weighted by molar-refractivity contribution is 6.37. The van der Waals surface area contributed by atoms with E-state index in [1.54, 1.807) is 24.8 Å². The Bertz CT molecular complexity index is 1130. The zero-order valence-electron chi connectivity index (χ0n) is 15.1. The molecule has 3 heterocycles. The standard InChI is InChI=1S/C20H19ClN6/c1-3-27-11-14(8-25-27)26-18-7-13-6-15(16-9-23-5-4-12(16)2)19(21)20(22)17(13)10-24-18/h4-11H,3,22H2,1-2H3,(H,24,26). The van der Waals surface area contributed by atoms with Crippen LogP contribution in [0.5, 0.6) is 0 Å². The van der Waals surface area contributed by atoms with Crippen LogP contribution in [0.1, 0.15) is 12.5 Å². The fourth-order valence-corrected chi connectivity index (χ4v) is 3.31. The molecule has 4 rings (SSSR count). The Labute approximate surface area is 162 Å². The molecular formula is C20H19ClN6. The van der Waals surface area contributed by atoms with Crippen LogP contribution in [0.2, 0.25) is 5.02 Å².